The molecule has 0 spiro atoms. The first-order chi connectivity index (χ1) is 5.91. The van der Waals surface area contributed by atoms with Gasteiger partial charge in [0, 0.05) is 12.1 Å². The zero-order chi connectivity index (χ0) is 10.1. The fraction of sp³-hybridized carbons (Fsp3) is 1.00. The van der Waals surface area contributed by atoms with Crippen molar-refractivity contribution in [1.82, 2.24) is 5.32 Å². The highest BCUT2D eigenvalue weighted by Gasteiger charge is 2.31. The van der Waals surface area contributed by atoms with E-state index in [1.165, 1.54) is 0 Å². The van der Waals surface area contributed by atoms with E-state index in [1.807, 2.05) is 0 Å². The minimum atomic E-state index is 0.299. The van der Waals surface area contributed by atoms with Crippen molar-refractivity contribution in [2.75, 3.05) is 13.2 Å². The molecule has 1 fully saturated rings. The molecule has 0 aromatic carbocycles. The Labute approximate surface area is 82.0 Å². The molecule has 1 aliphatic rings. The number of morpholine rings is 1. The van der Waals surface area contributed by atoms with Crippen molar-refractivity contribution in [3.63, 3.8) is 0 Å². The van der Waals surface area contributed by atoms with E-state index in [0.29, 0.717) is 23.4 Å². The maximum Gasteiger partial charge on any atom is 0.0625 e. The lowest BCUT2D eigenvalue weighted by Gasteiger charge is -2.40. The molecule has 0 aliphatic carbocycles. The molecule has 0 aromatic heterocycles. The summed E-state index contributed by atoms with van der Waals surface area (Å²) in [6.45, 7) is 13.0. The van der Waals surface area contributed by atoms with Crippen LogP contribution in [0, 0.1) is 11.3 Å². The third-order valence-corrected chi connectivity index (χ3v) is 2.85. The van der Waals surface area contributed by atoms with Crippen LogP contribution in [0.25, 0.3) is 0 Å². The van der Waals surface area contributed by atoms with Crippen LogP contribution in [0.5, 0.6) is 0 Å². The molecule has 1 saturated heterocycles. The minimum Gasteiger partial charge on any atom is -0.378 e. The summed E-state index contributed by atoms with van der Waals surface area (Å²) in [6.07, 6.45) is 0. The van der Waals surface area contributed by atoms with Crippen LogP contribution in [-0.4, -0.2) is 25.3 Å². The first-order valence-electron chi connectivity index (χ1n) is 5.25. The Morgan fingerprint density at radius 3 is 2.31 bits per heavy atom. The van der Waals surface area contributed by atoms with Gasteiger partial charge in [-0.15, -0.1) is 0 Å². The van der Waals surface area contributed by atoms with Gasteiger partial charge in [-0.1, -0.05) is 34.6 Å². The highest BCUT2D eigenvalue weighted by atomic mass is 16.5. The molecule has 0 amide bonds. The summed E-state index contributed by atoms with van der Waals surface area (Å²) < 4.78 is 5.62. The van der Waals surface area contributed by atoms with Gasteiger partial charge in [0.05, 0.1) is 13.2 Å². The molecule has 78 valence electrons. The maximum atomic E-state index is 5.62. The second-order valence-corrected chi connectivity index (χ2v) is 5.47. The minimum absolute atomic E-state index is 0.299. The fourth-order valence-electron chi connectivity index (χ4n) is 1.55. The molecule has 1 heterocycles. The van der Waals surface area contributed by atoms with Crippen molar-refractivity contribution in [3.05, 3.63) is 0 Å². The Bertz CT molecular complexity index is 160. The van der Waals surface area contributed by atoms with Gasteiger partial charge in [0.2, 0.25) is 0 Å². The molecule has 13 heavy (non-hydrogen) atoms. The Morgan fingerprint density at radius 2 is 1.85 bits per heavy atom. The standard InChI is InChI=1S/C11H23NO/c1-8(2)9-6-13-7-10(12-9)11(3,4)5/h8-10,12H,6-7H2,1-5H3. The summed E-state index contributed by atoms with van der Waals surface area (Å²) in [5.74, 6) is 0.658. The first-order valence-corrected chi connectivity index (χ1v) is 5.25. The molecular weight excluding hydrogens is 162 g/mol. The smallest absolute Gasteiger partial charge is 0.0625 e. The number of nitrogens with one attached hydrogen (secondary N) is 1. The Balaban J connectivity index is 2.52. The SMILES string of the molecule is CC(C)C1COCC(C(C)(C)C)N1. The van der Waals surface area contributed by atoms with Crippen molar-refractivity contribution >= 4 is 0 Å². The predicted octanol–water partition coefficient (Wildman–Crippen LogP) is 2.05. The van der Waals surface area contributed by atoms with Crippen molar-refractivity contribution in [3.8, 4) is 0 Å². The number of hydrogen-bond acceptors (Lipinski definition) is 2. The van der Waals surface area contributed by atoms with Gasteiger partial charge in [-0.05, 0) is 11.3 Å². The van der Waals surface area contributed by atoms with Crippen LogP contribution in [0.2, 0.25) is 0 Å². The largest absolute Gasteiger partial charge is 0.378 e. The normalized spacial score (nSPS) is 30.9. The quantitative estimate of drug-likeness (QED) is 0.675. The zero-order valence-corrected chi connectivity index (χ0v) is 9.55. The van der Waals surface area contributed by atoms with Gasteiger partial charge in [-0.25, -0.2) is 0 Å². The lowest BCUT2D eigenvalue weighted by atomic mass is 9.85. The van der Waals surface area contributed by atoms with Crippen molar-refractivity contribution in [2.45, 2.75) is 46.7 Å². The molecule has 1 rings (SSSR count). The average Bonchev–Trinajstić information content (AvgIpc) is 2.03. The van der Waals surface area contributed by atoms with Gasteiger partial charge in [0.1, 0.15) is 0 Å². The van der Waals surface area contributed by atoms with E-state index in [2.05, 4.69) is 39.9 Å². The van der Waals surface area contributed by atoms with Crippen LogP contribution >= 0.6 is 0 Å². The lowest BCUT2D eigenvalue weighted by Crippen LogP contribution is -2.56. The summed E-state index contributed by atoms with van der Waals surface area (Å²) in [5.41, 5.74) is 0.299. The molecule has 2 nitrogen and oxygen atoms in total. The van der Waals surface area contributed by atoms with Gasteiger partial charge >= 0.3 is 0 Å². The van der Waals surface area contributed by atoms with E-state index in [-0.39, 0.29) is 0 Å². The monoisotopic (exact) mass is 185 g/mol. The van der Waals surface area contributed by atoms with Crippen LogP contribution in [0.1, 0.15) is 34.6 Å². The van der Waals surface area contributed by atoms with E-state index < -0.39 is 0 Å². The van der Waals surface area contributed by atoms with E-state index in [1.54, 1.807) is 0 Å². The number of ether oxygens (including phenoxy) is 1. The third kappa shape index (κ3) is 2.96. The Morgan fingerprint density at radius 1 is 1.23 bits per heavy atom. The van der Waals surface area contributed by atoms with Gasteiger partial charge in [-0.2, -0.15) is 0 Å². The molecule has 0 radical (unpaired) electrons. The van der Waals surface area contributed by atoms with Gasteiger partial charge in [0.15, 0.2) is 0 Å². The molecule has 1 aliphatic heterocycles. The molecule has 0 bridgehead atoms. The topological polar surface area (TPSA) is 21.3 Å². The summed E-state index contributed by atoms with van der Waals surface area (Å²) in [7, 11) is 0. The molecular formula is C11H23NO. The molecule has 2 atom stereocenters. The van der Waals surface area contributed by atoms with Gasteiger partial charge in [0.25, 0.3) is 0 Å². The Kier molecular flexibility index (Phi) is 3.36. The van der Waals surface area contributed by atoms with Gasteiger partial charge in [-0.3, -0.25) is 0 Å². The fourth-order valence-corrected chi connectivity index (χ4v) is 1.55. The van der Waals surface area contributed by atoms with Crippen molar-refractivity contribution in [2.24, 2.45) is 11.3 Å². The Hall–Kier alpha value is -0.0800. The number of rotatable bonds is 1. The second-order valence-electron chi connectivity index (χ2n) is 5.47. The van der Waals surface area contributed by atoms with Crippen molar-refractivity contribution < 1.29 is 4.74 Å². The van der Waals surface area contributed by atoms with Gasteiger partial charge < -0.3 is 10.1 Å². The summed E-state index contributed by atoms with van der Waals surface area (Å²) in [4.78, 5) is 0. The van der Waals surface area contributed by atoms with Crippen LogP contribution in [0.3, 0.4) is 0 Å². The van der Waals surface area contributed by atoms with E-state index in [4.69, 9.17) is 4.74 Å². The highest BCUT2D eigenvalue weighted by molar-refractivity contribution is 4.87. The van der Waals surface area contributed by atoms with Crippen LogP contribution in [0.15, 0.2) is 0 Å². The van der Waals surface area contributed by atoms with Crippen LogP contribution in [0.4, 0.5) is 0 Å². The summed E-state index contributed by atoms with van der Waals surface area (Å²) in [5, 5.41) is 3.67. The van der Waals surface area contributed by atoms with E-state index >= 15 is 0 Å². The third-order valence-electron chi connectivity index (χ3n) is 2.85. The number of hydrogen-bond donors (Lipinski definition) is 1. The maximum absolute atomic E-state index is 5.62. The molecule has 0 aromatic rings. The van der Waals surface area contributed by atoms with Crippen molar-refractivity contribution in [1.29, 1.82) is 0 Å². The molecule has 0 saturated carbocycles. The highest BCUT2D eigenvalue weighted by Crippen LogP contribution is 2.23. The second kappa shape index (κ2) is 3.97. The molecule has 2 unspecified atom stereocenters. The average molecular weight is 185 g/mol. The lowest BCUT2D eigenvalue weighted by molar-refractivity contribution is 0.0000841. The van der Waals surface area contributed by atoms with E-state index in [0.717, 1.165) is 13.2 Å². The summed E-state index contributed by atoms with van der Waals surface area (Å²) in [6, 6.07) is 1.02. The van der Waals surface area contributed by atoms with E-state index in [9.17, 15) is 0 Å². The molecule has 2 heteroatoms. The molecule has 1 N–H and O–H groups in total. The van der Waals surface area contributed by atoms with Crippen LogP contribution < -0.4 is 5.32 Å². The zero-order valence-electron chi connectivity index (χ0n) is 9.55. The van der Waals surface area contributed by atoms with Crippen LogP contribution in [-0.2, 0) is 4.74 Å². The summed E-state index contributed by atoms with van der Waals surface area (Å²) >= 11 is 0. The first kappa shape index (κ1) is 11.0. The predicted molar refractivity (Wildman–Crippen MR) is 55.8 cm³/mol.